The number of alkyl halides is 1. The third kappa shape index (κ3) is 2.59. The maximum Gasteiger partial charge on any atom is 0.306 e. The molecule has 0 saturated heterocycles. The predicted octanol–water partition coefficient (Wildman–Crippen LogP) is 1.18. The van der Waals surface area contributed by atoms with Crippen LogP contribution in [0.15, 0.2) is 0 Å². The molecule has 0 amide bonds. The third-order valence-electron chi connectivity index (χ3n) is 2.35. The van der Waals surface area contributed by atoms with Gasteiger partial charge in [-0.15, -0.1) is 11.6 Å². The highest BCUT2D eigenvalue weighted by Gasteiger charge is 2.35. The molecule has 2 atom stereocenters. The van der Waals surface area contributed by atoms with Crippen molar-refractivity contribution in [3.8, 4) is 0 Å². The van der Waals surface area contributed by atoms with E-state index in [0.29, 0.717) is 12.8 Å². The maximum atomic E-state index is 10.6. The van der Waals surface area contributed by atoms with Crippen LogP contribution in [0.25, 0.3) is 0 Å². The standard InChI is InChI=1S/C8H11ClO4/c9-6-2-4(7(10)11)1-5(3-6)8(12)13/h4-6H,1-3H2,(H,10,11)(H,12,13). The summed E-state index contributed by atoms with van der Waals surface area (Å²) in [7, 11) is 0. The van der Waals surface area contributed by atoms with Gasteiger partial charge in [-0.25, -0.2) is 0 Å². The molecule has 2 N–H and O–H groups in total. The number of halogens is 1. The van der Waals surface area contributed by atoms with Gasteiger partial charge in [0.2, 0.25) is 0 Å². The van der Waals surface area contributed by atoms with Crippen LogP contribution in [0.3, 0.4) is 0 Å². The van der Waals surface area contributed by atoms with Gasteiger partial charge in [0.05, 0.1) is 11.8 Å². The third-order valence-corrected chi connectivity index (χ3v) is 2.70. The van der Waals surface area contributed by atoms with Crippen LogP contribution in [0.4, 0.5) is 0 Å². The number of hydrogen-bond donors (Lipinski definition) is 2. The molecule has 1 aliphatic rings. The van der Waals surface area contributed by atoms with Crippen molar-refractivity contribution >= 4 is 23.5 Å². The van der Waals surface area contributed by atoms with Gasteiger partial charge in [0.1, 0.15) is 0 Å². The van der Waals surface area contributed by atoms with Crippen LogP contribution >= 0.6 is 11.6 Å². The maximum absolute atomic E-state index is 10.6. The largest absolute Gasteiger partial charge is 0.481 e. The Hall–Kier alpha value is -0.770. The Balaban J connectivity index is 2.62. The summed E-state index contributed by atoms with van der Waals surface area (Å²) in [5.41, 5.74) is 0. The van der Waals surface area contributed by atoms with Gasteiger partial charge in [-0.05, 0) is 19.3 Å². The summed E-state index contributed by atoms with van der Waals surface area (Å²) in [5, 5.41) is 17.1. The summed E-state index contributed by atoms with van der Waals surface area (Å²) >= 11 is 5.77. The minimum Gasteiger partial charge on any atom is -0.481 e. The van der Waals surface area contributed by atoms with Crippen LogP contribution in [0.5, 0.6) is 0 Å². The molecule has 2 unspecified atom stereocenters. The van der Waals surface area contributed by atoms with E-state index in [1.807, 2.05) is 0 Å². The lowest BCUT2D eigenvalue weighted by atomic mass is 9.81. The lowest BCUT2D eigenvalue weighted by Crippen LogP contribution is -2.32. The second kappa shape index (κ2) is 3.96. The summed E-state index contributed by atoms with van der Waals surface area (Å²) in [5.74, 6) is -3.09. The molecule has 0 bridgehead atoms. The number of aliphatic carboxylic acids is 2. The van der Waals surface area contributed by atoms with E-state index in [4.69, 9.17) is 21.8 Å². The minimum absolute atomic E-state index is 0.202. The Morgan fingerprint density at radius 3 is 1.69 bits per heavy atom. The van der Waals surface area contributed by atoms with Crippen molar-refractivity contribution in [2.45, 2.75) is 24.6 Å². The van der Waals surface area contributed by atoms with Crippen molar-refractivity contribution in [3.63, 3.8) is 0 Å². The van der Waals surface area contributed by atoms with E-state index < -0.39 is 23.8 Å². The van der Waals surface area contributed by atoms with Crippen molar-refractivity contribution in [1.29, 1.82) is 0 Å². The Labute approximate surface area is 80.5 Å². The smallest absolute Gasteiger partial charge is 0.306 e. The molecule has 0 aromatic rings. The number of rotatable bonds is 2. The Morgan fingerprint density at radius 1 is 1.00 bits per heavy atom. The van der Waals surface area contributed by atoms with Gasteiger partial charge in [-0.3, -0.25) is 9.59 Å². The molecule has 4 nitrogen and oxygen atoms in total. The van der Waals surface area contributed by atoms with Gasteiger partial charge in [0.25, 0.3) is 0 Å². The average Bonchev–Trinajstić information content (AvgIpc) is 2.03. The first-order valence-corrected chi connectivity index (χ1v) is 4.54. The minimum atomic E-state index is -0.948. The number of carboxylic acids is 2. The molecule has 1 saturated carbocycles. The molecule has 1 rings (SSSR count). The van der Waals surface area contributed by atoms with Gasteiger partial charge in [0, 0.05) is 5.38 Å². The van der Waals surface area contributed by atoms with E-state index >= 15 is 0 Å². The van der Waals surface area contributed by atoms with Crippen molar-refractivity contribution in [3.05, 3.63) is 0 Å². The monoisotopic (exact) mass is 206 g/mol. The van der Waals surface area contributed by atoms with Crippen LogP contribution in [0.1, 0.15) is 19.3 Å². The van der Waals surface area contributed by atoms with Crippen molar-refractivity contribution in [1.82, 2.24) is 0 Å². The van der Waals surface area contributed by atoms with Gasteiger partial charge in [-0.1, -0.05) is 0 Å². The van der Waals surface area contributed by atoms with E-state index in [0.717, 1.165) is 0 Å². The van der Waals surface area contributed by atoms with Gasteiger partial charge in [0.15, 0.2) is 0 Å². The lowest BCUT2D eigenvalue weighted by molar-refractivity contribution is -0.147. The quantitative estimate of drug-likeness (QED) is 0.666. The molecule has 5 heteroatoms. The fourth-order valence-corrected chi connectivity index (χ4v) is 2.08. The molecule has 13 heavy (non-hydrogen) atoms. The number of carboxylic acid groups (broad SMARTS) is 2. The van der Waals surface area contributed by atoms with Crippen molar-refractivity contribution < 1.29 is 19.8 Å². The van der Waals surface area contributed by atoms with Crippen LogP contribution in [0, 0.1) is 11.8 Å². The highest BCUT2D eigenvalue weighted by Crippen LogP contribution is 2.32. The SMILES string of the molecule is O=C(O)C1CC(Cl)CC(C(=O)O)C1. The molecular weight excluding hydrogens is 196 g/mol. The molecule has 1 aliphatic carbocycles. The predicted molar refractivity (Wildman–Crippen MR) is 45.7 cm³/mol. The first-order valence-electron chi connectivity index (χ1n) is 4.10. The normalized spacial score (nSPS) is 34.1. The summed E-state index contributed by atoms with van der Waals surface area (Å²) in [6.45, 7) is 0. The van der Waals surface area contributed by atoms with E-state index in [9.17, 15) is 9.59 Å². The Bertz CT molecular complexity index is 206. The summed E-state index contributed by atoms with van der Waals surface area (Å²) in [6.07, 6.45) is 0.954. The zero-order valence-electron chi connectivity index (χ0n) is 6.94. The van der Waals surface area contributed by atoms with Gasteiger partial charge < -0.3 is 10.2 Å². The van der Waals surface area contributed by atoms with E-state index in [1.54, 1.807) is 0 Å². The van der Waals surface area contributed by atoms with Gasteiger partial charge >= 0.3 is 11.9 Å². The summed E-state index contributed by atoms with van der Waals surface area (Å²) in [6, 6.07) is 0. The van der Waals surface area contributed by atoms with Crippen LogP contribution in [-0.2, 0) is 9.59 Å². The summed E-state index contributed by atoms with van der Waals surface area (Å²) in [4.78, 5) is 21.2. The highest BCUT2D eigenvalue weighted by molar-refractivity contribution is 6.20. The second-order valence-corrected chi connectivity index (χ2v) is 3.99. The Morgan fingerprint density at radius 2 is 1.38 bits per heavy atom. The number of hydrogen-bond acceptors (Lipinski definition) is 2. The molecule has 1 fully saturated rings. The summed E-state index contributed by atoms with van der Waals surface area (Å²) < 4.78 is 0. The molecule has 0 spiro atoms. The lowest BCUT2D eigenvalue weighted by Gasteiger charge is -2.27. The molecule has 0 radical (unpaired) electrons. The molecule has 0 aromatic carbocycles. The zero-order chi connectivity index (χ0) is 10.0. The van der Waals surface area contributed by atoms with E-state index in [2.05, 4.69) is 0 Å². The average molecular weight is 207 g/mol. The second-order valence-electron chi connectivity index (χ2n) is 3.37. The Kier molecular flexibility index (Phi) is 3.14. The molecule has 0 aliphatic heterocycles. The highest BCUT2D eigenvalue weighted by atomic mass is 35.5. The van der Waals surface area contributed by atoms with Crippen molar-refractivity contribution in [2.75, 3.05) is 0 Å². The van der Waals surface area contributed by atoms with Crippen molar-refractivity contribution in [2.24, 2.45) is 11.8 Å². The fourth-order valence-electron chi connectivity index (χ4n) is 1.65. The van der Waals surface area contributed by atoms with E-state index in [1.165, 1.54) is 0 Å². The van der Waals surface area contributed by atoms with Crippen LogP contribution < -0.4 is 0 Å². The van der Waals surface area contributed by atoms with Crippen LogP contribution in [-0.4, -0.2) is 27.5 Å². The molecule has 0 heterocycles. The molecular formula is C8H11ClO4. The zero-order valence-corrected chi connectivity index (χ0v) is 7.70. The molecule has 0 aromatic heterocycles. The van der Waals surface area contributed by atoms with Crippen LogP contribution in [0.2, 0.25) is 0 Å². The first kappa shape index (κ1) is 10.3. The van der Waals surface area contributed by atoms with E-state index in [-0.39, 0.29) is 11.8 Å². The fraction of sp³-hybridized carbons (Fsp3) is 0.750. The topological polar surface area (TPSA) is 74.6 Å². The molecule has 74 valence electrons. The number of carbonyl (C=O) groups is 2. The van der Waals surface area contributed by atoms with Gasteiger partial charge in [-0.2, -0.15) is 0 Å². The first-order chi connectivity index (χ1) is 6.00.